The Morgan fingerprint density at radius 3 is 2.52 bits per heavy atom. The van der Waals surface area contributed by atoms with Crippen molar-refractivity contribution < 1.29 is 0 Å². The Labute approximate surface area is 169 Å². The Balaban J connectivity index is 1.70. The van der Waals surface area contributed by atoms with Gasteiger partial charge in [0.25, 0.3) is 0 Å². The highest BCUT2D eigenvalue weighted by Crippen LogP contribution is 2.42. The van der Waals surface area contributed by atoms with Crippen LogP contribution in [0.4, 0.5) is 5.69 Å². The van der Waals surface area contributed by atoms with E-state index in [0.717, 1.165) is 40.1 Å². The molecule has 2 N–H and O–H groups in total. The van der Waals surface area contributed by atoms with Gasteiger partial charge in [-0.3, -0.25) is 0 Å². The van der Waals surface area contributed by atoms with Crippen molar-refractivity contribution in [3.8, 4) is 0 Å². The summed E-state index contributed by atoms with van der Waals surface area (Å²) >= 11 is 6.36. The Kier molecular flexibility index (Phi) is 6.49. The fraction of sp³-hybridized carbons (Fsp3) is 0.417. The molecule has 0 heterocycles. The van der Waals surface area contributed by atoms with Gasteiger partial charge in [0.15, 0.2) is 0 Å². The molecule has 3 heteroatoms. The van der Waals surface area contributed by atoms with Crippen molar-refractivity contribution in [2.45, 2.75) is 46.0 Å². The smallest absolute Gasteiger partial charge is 0.0643 e. The van der Waals surface area contributed by atoms with E-state index in [9.17, 15) is 0 Å². The molecule has 2 saturated carbocycles. The van der Waals surface area contributed by atoms with Gasteiger partial charge in [0.1, 0.15) is 0 Å². The predicted octanol–water partition coefficient (Wildman–Crippen LogP) is 6.76. The van der Waals surface area contributed by atoms with E-state index in [1.54, 1.807) is 0 Å². The van der Waals surface area contributed by atoms with Crippen molar-refractivity contribution in [3.63, 3.8) is 0 Å². The quantitative estimate of drug-likeness (QED) is 0.461. The molecule has 2 aliphatic carbocycles. The van der Waals surface area contributed by atoms with Crippen LogP contribution in [0, 0.1) is 18.8 Å². The van der Waals surface area contributed by atoms with E-state index in [4.69, 9.17) is 11.6 Å². The summed E-state index contributed by atoms with van der Waals surface area (Å²) in [5, 5.41) is 7.64. The first-order valence-corrected chi connectivity index (χ1v) is 10.4. The predicted molar refractivity (Wildman–Crippen MR) is 118 cm³/mol. The van der Waals surface area contributed by atoms with Gasteiger partial charge in [0, 0.05) is 17.9 Å². The minimum Gasteiger partial charge on any atom is -0.385 e. The molecule has 0 aliphatic heterocycles. The number of aryl methyl sites for hydroxylation is 1. The largest absolute Gasteiger partial charge is 0.385 e. The third kappa shape index (κ3) is 5.29. The molecule has 2 nitrogen and oxygen atoms in total. The molecule has 2 fully saturated rings. The lowest BCUT2D eigenvalue weighted by Gasteiger charge is -2.27. The summed E-state index contributed by atoms with van der Waals surface area (Å²) in [5.41, 5.74) is 6.47. The summed E-state index contributed by atoms with van der Waals surface area (Å²) in [4.78, 5) is 0. The number of hydrogen-bond donors (Lipinski definition) is 2. The molecule has 0 bridgehead atoms. The van der Waals surface area contributed by atoms with Crippen LogP contribution < -0.4 is 10.6 Å². The van der Waals surface area contributed by atoms with E-state index in [1.807, 2.05) is 19.1 Å². The Hall–Kier alpha value is -1.93. The van der Waals surface area contributed by atoms with E-state index < -0.39 is 0 Å². The maximum atomic E-state index is 6.36. The highest BCUT2D eigenvalue weighted by atomic mass is 35.5. The molecule has 144 valence electrons. The highest BCUT2D eigenvalue weighted by molar-refractivity contribution is 6.33. The lowest BCUT2D eigenvalue weighted by Crippen LogP contribution is -2.27. The van der Waals surface area contributed by atoms with Crippen LogP contribution >= 0.6 is 11.6 Å². The number of anilines is 1. The van der Waals surface area contributed by atoms with E-state index >= 15 is 0 Å². The number of nitrogens with one attached hydrogen (secondary N) is 2. The van der Waals surface area contributed by atoms with Crippen LogP contribution in [0.1, 0.15) is 44.6 Å². The molecule has 1 aromatic carbocycles. The fourth-order valence-corrected chi connectivity index (χ4v) is 3.79. The first-order chi connectivity index (χ1) is 13.0. The van der Waals surface area contributed by atoms with Crippen molar-refractivity contribution in [2.24, 2.45) is 11.8 Å². The molecule has 0 unspecified atom stereocenters. The minimum atomic E-state index is 0.602. The summed E-state index contributed by atoms with van der Waals surface area (Å²) in [6.07, 6.45) is 10.9. The van der Waals surface area contributed by atoms with Gasteiger partial charge in [-0.1, -0.05) is 43.3 Å². The molecule has 0 saturated heterocycles. The van der Waals surface area contributed by atoms with Gasteiger partial charge in [0.05, 0.1) is 10.7 Å². The lowest BCUT2D eigenvalue weighted by molar-refractivity contribution is 0.310. The molecular weight excluding hydrogens is 352 g/mol. The van der Waals surface area contributed by atoms with Gasteiger partial charge in [-0.2, -0.15) is 0 Å². The van der Waals surface area contributed by atoms with Crippen LogP contribution in [-0.2, 0) is 0 Å². The summed E-state index contributed by atoms with van der Waals surface area (Å²) in [6, 6.07) is 6.02. The Bertz CT molecular complexity index is 780. The average Bonchev–Trinajstić information content (AvgIpc) is 3.40. The molecule has 0 atom stereocenters. The number of halogens is 1. The number of benzene rings is 1. The lowest BCUT2D eigenvalue weighted by atomic mass is 9.85. The number of allylic oxidation sites excluding steroid dienone is 3. The van der Waals surface area contributed by atoms with Gasteiger partial charge in [0.2, 0.25) is 0 Å². The van der Waals surface area contributed by atoms with E-state index in [1.165, 1.54) is 43.3 Å². The molecule has 3 rings (SSSR count). The average molecular weight is 383 g/mol. The third-order valence-corrected chi connectivity index (χ3v) is 5.83. The molecular formula is C24H31ClN2. The molecule has 0 amide bonds. The zero-order valence-corrected chi connectivity index (χ0v) is 17.3. The van der Waals surface area contributed by atoms with Crippen LogP contribution in [0.25, 0.3) is 0 Å². The first-order valence-electron chi connectivity index (χ1n) is 10.0. The van der Waals surface area contributed by atoms with Gasteiger partial charge in [-0.15, -0.1) is 0 Å². The minimum absolute atomic E-state index is 0.602. The molecule has 27 heavy (non-hydrogen) atoms. The van der Waals surface area contributed by atoms with Gasteiger partial charge >= 0.3 is 0 Å². The van der Waals surface area contributed by atoms with Crippen LogP contribution in [0.5, 0.6) is 0 Å². The van der Waals surface area contributed by atoms with Gasteiger partial charge < -0.3 is 10.6 Å². The van der Waals surface area contributed by atoms with Crippen molar-refractivity contribution in [1.82, 2.24) is 5.32 Å². The van der Waals surface area contributed by atoms with Gasteiger partial charge in [-0.25, -0.2) is 0 Å². The summed E-state index contributed by atoms with van der Waals surface area (Å²) in [5.74, 6) is 1.42. The Morgan fingerprint density at radius 2 is 1.96 bits per heavy atom. The second kappa shape index (κ2) is 8.84. The zero-order chi connectivity index (χ0) is 19.4. The van der Waals surface area contributed by atoms with E-state index in [2.05, 4.69) is 48.9 Å². The maximum absolute atomic E-state index is 6.36. The fourth-order valence-electron chi connectivity index (χ4n) is 3.50. The van der Waals surface area contributed by atoms with Gasteiger partial charge in [-0.05, 0) is 86.3 Å². The zero-order valence-electron chi connectivity index (χ0n) is 16.6. The van der Waals surface area contributed by atoms with Crippen molar-refractivity contribution >= 4 is 17.3 Å². The summed E-state index contributed by atoms with van der Waals surface area (Å²) in [7, 11) is 0. The molecule has 0 radical (unpaired) electrons. The van der Waals surface area contributed by atoms with E-state index in [-0.39, 0.29) is 0 Å². The number of hydrogen-bond acceptors (Lipinski definition) is 2. The van der Waals surface area contributed by atoms with Crippen molar-refractivity contribution in [1.29, 1.82) is 0 Å². The normalized spacial score (nSPS) is 18.0. The van der Waals surface area contributed by atoms with Crippen LogP contribution in [0.3, 0.4) is 0 Å². The maximum Gasteiger partial charge on any atom is 0.0643 e. The molecule has 0 aromatic heterocycles. The van der Waals surface area contributed by atoms with Crippen LogP contribution in [0.15, 0.2) is 66.0 Å². The van der Waals surface area contributed by atoms with Crippen molar-refractivity contribution in [3.05, 3.63) is 76.6 Å². The van der Waals surface area contributed by atoms with E-state index in [0.29, 0.717) is 5.92 Å². The monoisotopic (exact) mass is 382 g/mol. The van der Waals surface area contributed by atoms with Crippen LogP contribution in [-0.4, -0.2) is 6.54 Å². The number of rotatable bonds is 9. The second-order valence-corrected chi connectivity index (χ2v) is 8.27. The first kappa shape index (κ1) is 19.8. The summed E-state index contributed by atoms with van der Waals surface area (Å²) < 4.78 is 0. The highest BCUT2D eigenvalue weighted by Gasteiger charge is 2.29. The topological polar surface area (TPSA) is 24.1 Å². The SMILES string of the molecule is C=C(/C=C(\C(=C/C)C(=C)NCC1CCC1)C1CC1)Nc1ccc(C)cc1Cl. The van der Waals surface area contributed by atoms with Crippen molar-refractivity contribution in [2.75, 3.05) is 11.9 Å². The molecule has 0 spiro atoms. The third-order valence-electron chi connectivity index (χ3n) is 5.52. The molecule has 2 aliphatic rings. The molecule has 1 aromatic rings. The second-order valence-electron chi connectivity index (χ2n) is 7.87. The standard InChI is InChI=1S/C24H31ClN2/c1-5-21(18(4)26-15-19-7-6-8-19)22(20-10-11-20)14-17(3)27-24-12-9-16(2)13-23(24)25/h5,9,12-14,19-20,26-27H,3-4,6-8,10-11,15H2,1-2H3/b21-5-,22-14-. The Morgan fingerprint density at radius 1 is 1.22 bits per heavy atom. The van der Waals surface area contributed by atoms with Crippen LogP contribution in [0.2, 0.25) is 5.02 Å². The summed E-state index contributed by atoms with van der Waals surface area (Å²) in [6.45, 7) is 13.7.